The quantitative estimate of drug-likeness (QED) is 0.503. The van der Waals surface area contributed by atoms with Gasteiger partial charge in [0.1, 0.15) is 0 Å². The van der Waals surface area contributed by atoms with Crippen molar-refractivity contribution in [3.8, 4) is 0 Å². The zero-order valence-electron chi connectivity index (χ0n) is 11.3. The molecule has 98 valence electrons. The summed E-state index contributed by atoms with van der Waals surface area (Å²) in [6, 6.07) is 0.885. The van der Waals surface area contributed by atoms with Gasteiger partial charge in [0.15, 0.2) is 0 Å². The highest BCUT2D eigenvalue weighted by Crippen LogP contribution is 2.35. The Kier molecular flexibility index (Phi) is 3.76. The maximum atomic E-state index is 7.57. The number of hydrogen-bond donors (Lipinski definition) is 2. The molecule has 0 unspecified atom stereocenters. The SMILES string of the molecule is CC(C)(CCCN(CC1CC1)C1CC1)C(=N)N. The van der Waals surface area contributed by atoms with Crippen LogP contribution in [-0.4, -0.2) is 29.9 Å². The maximum Gasteiger partial charge on any atom is 0.0963 e. The number of hydrogen-bond acceptors (Lipinski definition) is 2. The van der Waals surface area contributed by atoms with E-state index in [0.717, 1.165) is 18.4 Å². The van der Waals surface area contributed by atoms with Gasteiger partial charge in [-0.25, -0.2) is 0 Å². The summed E-state index contributed by atoms with van der Waals surface area (Å²) in [7, 11) is 0. The van der Waals surface area contributed by atoms with Crippen LogP contribution in [0.15, 0.2) is 0 Å². The van der Waals surface area contributed by atoms with Gasteiger partial charge in [-0.05, 0) is 51.0 Å². The van der Waals surface area contributed by atoms with E-state index in [-0.39, 0.29) is 5.41 Å². The van der Waals surface area contributed by atoms with Gasteiger partial charge in [0.25, 0.3) is 0 Å². The second-order valence-corrected chi connectivity index (χ2v) is 6.57. The summed E-state index contributed by atoms with van der Waals surface area (Å²) in [5.74, 6) is 1.33. The molecule has 3 nitrogen and oxygen atoms in total. The fraction of sp³-hybridized carbons (Fsp3) is 0.929. The highest BCUT2D eigenvalue weighted by Gasteiger charge is 2.33. The fourth-order valence-electron chi connectivity index (χ4n) is 2.35. The average Bonchev–Trinajstić information content (AvgIpc) is 3.10. The van der Waals surface area contributed by atoms with Crippen LogP contribution in [0.3, 0.4) is 0 Å². The van der Waals surface area contributed by atoms with E-state index in [1.54, 1.807) is 0 Å². The van der Waals surface area contributed by atoms with Crippen molar-refractivity contribution < 1.29 is 0 Å². The first-order valence-electron chi connectivity index (χ1n) is 7.07. The molecule has 0 saturated heterocycles. The van der Waals surface area contributed by atoms with Gasteiger partial charge < -0.3 is 10.6 Å². The average molecular weight is 237 g/mol. The lowest BCUT2D eigenvalue weighted by molar-refractivity contribution is 0.238. The molecule has 0 aromatic rings. The Morgan fingerprint density at radius 2 is 1.94 bits per heavy atom. The van der Waals surface area contributed by atoms with E-state index < -0.39 is 0 Å². The largest absolute Gasteiger partial charge is 0.387 e. The Balaban J connectivity index is 1.69. The van der Waals surface area contributed by atoms with Gasteiger partial charge in [0.05, 0.1) is 5.84 Å². The molecular weight excluding hydrogens is 210 g/mol. The van der Waals surface area contributed by atoms with Gasteiger partial charge >= 0.3 is 0 Å². The second-order valence-electron chi connectivity index (χ2n) is 6.57. The number of rotatable bonds is 8. The lowest BCUT2D eigenvalue weighted by atomic mass is 9.86. The minimum absolute atomic E-state index is 0.116. The molecule has 0 radical (unpaired) electrons. The summed E-state index contributed by atoms with van der Waals surface area (Å²) < 4.78 is 0. The van der Waals surface area contributed by atoms with E-state index in [0.29, 0.717) is 5.84 Å². The fourth-order valence-corrected chi connectivity index (χ4v) is 2.35. The minimum Gasteiger partial charge on any atom is -0.387 e. The summed E-state index contributed by atoms with van der Waals surface area (Å²) in [6.07, 6.45) is 7.92. The third-order valence-corrected chi connectivity index (χ3v) is 4.23. The van der Waals surface area contributed by atoms with Crippen LogP contribution >= 0.6 is 0 Å². The van der Waals surface area contributed by atoms with Gasteiger partial charge in [0.2, 0.25) is 0 Å². The van der Waals surface area contributed by atoms with Crippen molar-refractivity contribution in [2.45, 2.75) is 58.4 Å². The Hall–Kier alpha value is -0.570. The molecule has 0 amide bonds. The number of nitrogens with zero attached hydrogens (tertiary/aromatic N) is 1. The summed E-state index contributed by atoms with van der Waals surface area (Å²) in [4.78, 5) is 2.69. The lowest BCUT2D eigenvalue weighted by Gasteiger charge is -2.26. The number of nitrogens with one attached hydrogen (secondary N) is 1. The van der Waals surface area contributed by atoms with E-state index in [4.69, 9.17) is 11.1 Å². The van der Waals surface area contributed by atoms with Crippen LogP contribution in [-0.2, 0) is 0 Å². The highest BCUT2D eigenvalue weighted by molar-refractivity contribution is 5.82. The normalized spacial score (nSPS) is 20.9. The molecule has 17 heavy (non-hydrogen) atoms. The molecule has 2 fully saturated rings. The van der Waals surface area contributed by atoms with Crippen LogP contribution in [0, 0.1) is 16.7 Å². The molecule has 2 aliphatic rings. The van der Waals surface area contributed by atoms with Gasteiger partial charge in [-0.2, -0.15) is 0 Å². The van der Waals surface area contributed by atoms with Crippen molar-refractivity contribution in [1.29, 1.82) is 5.41 Å². The molecule has 3 N–H and O–H groups in total. The lowest BCUT2D eigenvalue weighted by Crippen LogP contribution is -2.33. The van der Waals surface area contributed by atoms with Gasteiger partial charge in [0, 0.05) is 18.0 Å². The first kappa shape index (κ1) is 12.9. The Morgan fingerprint density at radius 1 is 1.29 bits per heavy atom. The van der Waals surface area contributed by atoms with E-state index >= 15 is 0 Å². The zero-order chi connectivity index (χ0) is 12.5. The summed E-state index contributed by atoms with van der Waals surface area (Å²) in [5.41, 5.74) is 5.50. The van der Waals surface area contributed by atoms with Crippen LogP contribution in [0.1, 0.15) is 52.4 Å². The predicted molar refractivity (Wildman–Crippen MR) is 72.2 cm³/mol. The van der Waals surface area contributed by atoms with Crippen LogP contribution in [0.4, 0.5) is 0 Å². The van der Waals surface area contributed by atoms with Crippen molar-refractivity contribution in [2.24, 2.45) is 17.1 Å². The molecule has 0 spiro atoms. The number of amidine groups is 1. The molecule has 0 aliphatic heterocycles. The predicted octanol–water partition coefficient (Wildman–Crippen LogP) is 2.60. The summed E-state index contributed by atoms with van der Waals surface area (Å²) in [5, 5.41) is 7.57. The van der Waals surface area contributed by atoms with Crippen LogP contribution < -0.4 is 5.73 Å². The van der Waals surface area contributed by atoms with E-state index in [9.17, 15) is 0 Å². The molecule has 0 atom stereocenters. The molecular formula is C14H27N3. The standard InChI is InChI=1S/C14H27N3/c1-14(2,13(15)16)8-3-9-17(12-6-7-12)10-11-4-5-11/h11-12H,3-10H2,1-2H3,(H3,15,16). The Morgan fingerprint density at radius 3 is 2.41 bits per heavy atom. The number of nitrogens with two attached hydrogens (primary N) is 1. The third-order valence-electron chi connectivity index (χ3n) is 4.23. The Labute approximate surface area is 105 Å². The van der Waals surface area contributed by atoms with Gasteiger partial charge in [-0.3, -0.25) is 5.41 Å². The van der Waals surface area contributed by atoms with Crippen LogP contribution in [0.2, 0.25) is 0 Å². The summed E-state index contributed by atoms with van der Waals surface area (Å²) >= 11 is 0. The minimum atomic E-state index is -0.116. The van der Waals surface area contributed by atoms with Crippen molar-refractivity contribution in [2.75, 3.05) is 13.1 Å². The third kappa shape index (κ3) is 3.98. The topological polar surface area (TPSA) is 53.1 Å². The first-order valence-corrected chi connectivity index (χ1v) is 7.07. The Bertz CT molecular complexity index is 277. The van der Waals surface area contributed by atoms with Crippen molar-refractivity contribution in [3.63, 3.8) is 0 Å². The molecule has 0 aromatic heterocycles. The highest BCUT2D eigenvalue weighted by atomic mass is 15.2. The van der Waals surface area contributed by atoms with E-state index in [1.165, 1.54) is 45.2 Å². The molecule has 3 heteroatoms. The van der Waals surface area contributed by atoms with Crippen LogP contribution in [0.25, 0.3) is 0 Å². The van der Waals surface area contributed by atoms with E-state index in [1.807, 2.05) is 0 Å². The molecule has 2 aliphatic carbocycles. The zero-order valence-corrected chi connectivity index (χ0v) is 11.3. The van der Waals surface area contributed by atoms with Crippen molar-refractivity contribution >= 4 is 5.84 Å². The second kappa shape index (κ2) is 4.97. The van der Waals surface area contributed by atoms with E-state index in [2.05, 4.69) is 18.7 Å². The molecule has 0 bridgehead atoms. The monoisotopic (exact) mass is 237 g/mol. The smallest absolute Gasteiger partial charge is 0.0963 e. The molecule has 0 aromatic carbocycles. The summed E-state index contributed by atoms with van der Waals surface area (Å²) in [6.45, 7) is 6.69. The van der Waals surface area contributed by atoms with Crippen LogP contribution in [0.5, 0.6) is 0 Å². The molecule has 0 heterocycles. The maximum absolute atomic E-state index is 7.57. The van der Waals surface area contributed by atoms with Crippen molar-refractivity contribution in [1.82, 2.24) is 4.90 Å². The molecule has 2 saturated carbocycles. The van der Waals surface area contributed by atoms with Gasteiger partial charge in [-0.1, -0.05) is 13.8 Å². The van der Waals surface area contributed by atoms with Gasteiger partial charge in [-0.15, -0.1) is 0 Å². The molecule has 2 rings (SSSR count). The first-order chi connectivity index (χ1) is 7.99. The van der Waals surface area contributed by atoms with Crippen molar-refractivity contribution in [3.05, 3.63) is 0 Å².